The number of nitrogens with zero attached hydrogens (tertiary/aromatic N) is 3. The van der Waals surface area contributed by atoms with Crippen molar-refractivity contribution in [1.29, 1.82) is 0 Å². The van der Waals surface area contributed by atoms with Gasteiger partial charge in [-0.1, -0.05) is 11.3 Å². The van der Waals surface area contributed by atoms with Gasteiger partial charge in [-0.05, 0) is 20.8 Å². The van der Waals surface area contributed by atoms with E-state index in [4.69, 9.17) is 5.73 Å². The molecule has 0 spiro atoms. The van der Waals surface area contributed by atoms with Crippen LogP contribution in [0, 0.1) is 6.92 Å². The number of amides is 1. The molecule has 2 N–H and O–H groups in total. The Kier molecular flexibility index (Phi) is 2.04. The molecule has 2 rings (SSSR count). The first-order chi connectivity index (χ1) is 6.91. The van der Waals surface area contributed by atoms with E-state index >= 15 is 0 Å². The third-order valence-electron chi connectivity index (χ3n) is 2.31. The molecule has 0 saturated heterocycles. The van der Waals surface area contributed by atoms with Crippen LogP contribution in [-0.2, 0) is 10.2 Å². The highest BCUT2D eigenvalue weighted by atomic mass is 32.1. The van der Waals surface area contributed by atoms with Crippen molar-refractivity contribution in [3.05, 3.63) is 16.9 Å². The first-order valence-corrected chi connectivity index (χ1v) is 5.36. The van der Waals surface area contributed by atoms with Crippen LogP contribution in [0.4, 0.5) is 0 Å². The van der Waals surface area contributed by atoms with Crippen LogP contribution < -0.4 is 5.73 Å². The molecule has 0 saturated carbocycles. The molecule has 6 heteroatoms. The van der Waals surface area contributed by atoms with E-state index in [1.54, 1.807) is 18.4 Å². The van der Waals surface area contributed by atoms with Crippen molar-refractivity contribution in [2.45, 2.75) is 26.2 Å². The van der Waals surface area contributed by atoms with Gasteiger partial charge < -0.3 is 5.73 Å². The quantitative estimate of drug-likeness (QED) is 0.822. The first-order valence-electron chi connectivity index (χ1n) is 4.54. The maximum absolute atomic E-state index is 11.2. The Morgan fingerprint density at radius 3 is 2.80 bits per heavy atom. The Bertz CT molecular complexity index is 494. The van der Waals surface area contributed by atoms with Gasteiger partial charge in [-0.25, -0.2) is 9.50 Å². The maximum atomic E-state index is 11.2. The third kappa shape index (κ3) is 1.50. The molecular weight excluding hydrogens is 212 g/mol. The maximum Gasteiger partial charge on any atom is 0.230 e. The fourth-order valence-corrected chi connectivity index (χ4v) is 2.20. The average molecular weight is 224 g/mol. The van der Waals surface area contributed by atoms with Gasteiger partial charge in [-0.15, -0.1) is 0 Å². The summed E-state index contributed by atoms with van der Waals surface area (Å²) in [6.45, 7) is 5.43. The fourth-order valence-electron chi connectivity index (χ4n) is 1.17. The number of imidazole rings is 1. The van der Waals surface area contributed by atoms with E-state index < -0.39 is 5.41 Å². The van der Waals surface area contributed by atoms with Crippen molar-refractivity contribution >= 4 is 22.2 Å². The molecule has 2 heterocycles. The molecule has 0 aliphatic heterocycles. The fraction of sp³-hybridized carbons (Fsp3) is 0.444. The van der Waals surface area contributed by atoms with E-state index in [1.165, 1.54) is 11.3 Å². The van der Waals surface area contributed by atoms with Gasteiger partial charge in [0, 0.05) is 0 Å². The Labute approximate surface area is 90.9 Å². The summed E-state index contributed by atoms with van der Waals surface area (Å²) in [5.74, 6) is -0.378. The molecule has 1 amide bonds. The van der Waals surface area contributed by atoms with Crippen LogP contribution in [0.15, 0.2) is 6.20 Å². The molecular formula is C9H12N4OS. The minimum Gasteiger partial charge on any atom is -0.369 e. The summed E-state index contributed by atoms with van der Waals surface area (Å²) >= 11 is 1.39. The van der Waals surface area contributed by atoms with Crippen molar-refractivity contribution in [2.24, 2.45) is 5.73 Å². The van der Waals surface area contributed by atoms with Crippen molar-refractivity contribution in [3.8, 4) is 0 Å². The Morgan fingerprint density at radius 2 is 2.27 bits per heavy atom. The zero-order chi connectivity index (χ0) is 11.2. The number of carbonyl (C=O) groups is 1. The number of carbonyl (C=O) groups excluding carboxylic acids is 1. The predicted molar refractivity (Wildman–Crippen MR) is 57.8 cm³/mol. The number of primary amides is 1. The van der Waals surface area contributed by atoms with Gasteiger partial charge in [-0.3, -0.25) is 4.79 Å². The van der Waals surface area contributed by atoms with E-state index in [0.29, 0.717) is 5.01 Å². The van der Waals surface area contributed by atoms with Crippen LogP contribution in [0.2, 0.25) is 0 Å². The van der Waals surface area contributed by atoms with Gasteiger partial charge >= 0.3 is 0 Å². The molecule has 0 fully saturated rings. The van der Waals surface area contributed by atoms with Gasteiger partial charge in [0.05, 0.1) is 17.3 Å². The molecule has 0 unspecified atom stereocenters. The van der Waals surface area contributed by atoms with Crippen molar-refractivity contribution in [2.75, 3.05) is 0 Å². The lowest BCUT2D eigenvalue weighted by molar-refractivity contribution is -0.122. The van der Waals surface area contributed by atoms with Crippen LogP contribution in [0.25, 0.3) is 4.96 Å². The van der Waals surface area contributed by atoms with E-state index in [9.17, 15) is 4.79 Å². The van der Waals surface area contributed by atoms with Crippen molar-refractivity contribution < 1.29 is 4.79 Å². The lowest BCUT2D eigenvalue weighted by Gasteiger charge is -2.15. The highest BCUT2D eigenvalue weighted by molar-refractivity contribution is 7.17. The van der Waals surface area contributed by atoms with Crippen LogP contribution in [0.3, 0.4) is 0 Å². The van der Waals surface area contributed by atoms with Crippen LogP contribution >= 0.6 is 11.3 Å². The van der Waals surface area contributed by atoms with E-state index in [-0.39, 0.29) is 5.91 Å². The molecule has 0 aliphatic rings. The van der Waals surface area contributed by atoms with E-state index in [1.807, 2.05) is 13.1 Å². The van der Waals surface area contributed by atoms with Gasteiger partial charge in [0.25, 0.3) is 0 Å². The first kappa shape index (κ1) is 10.1. The van der Waals surface area contributed by atoms with Gasteiger partial charge in [-0.2, -0.15) is 5.10 Å². The monoisotopic (exact) mass is 224 g/mol. The van der Waals surface area contributed by atoms with Gasteiger partial charge in [0.15, 0.2) is 0 Å². The summed E-state index contributed by atoms with van der Waals surface area (Å²) in [6, 6.07) is 0. The highest BCUT2D eigenvalue weighted by Crippen LogP contribution is 2.27. The summed E-state index contributed by atoms with van der Waals surface area (Å²) in [5.41, 5.74) is 5.50. The molecule has 80 valence electrons. The summed E-state index contributed by atoms with van der Waals surface area (Å²) in [7, 11) is 0. The van der Waals surface area contributed by atoms with Crippen LogP contribution in [0.1, 0.15) is 24.5 Å². The smallest absolute Gasteiger partial charge is 0.230 e. The SMILES string of the molecule is Cc1cn2nc(C(C)(C)C(N)=O)sc2n1. The molecule has 0 bridgehead atoms. The number of aryl methyl sites for hydroxylation is 1. The lowest BCUT2D eigenvalue weighted by atomic mass is 9.94. The second kappa shape index (κ2) is 3.03. The average Bonchev–Trinajstić information content (AvgIpc) is 2.60. The van der Waals surface area contributed by atoms with Crippen LogP contribution in [0.5, 0.6) is 0 Å². The second-order valence-corrected chi connectivity index (χ2v) is 4.96. The van der Waals surface area contributed by atoms with Gasteiger partial charge in [0.2, 0.25) is 10.9 Å². The number of hydrogen-bond acceptors (Lipinski definition) is 4. The summed E-state index contributed by atoms with van der Waals surface area (Å²) in [5, 5.41) is 4.99. The predicted octanol–water partition coefficient (Wildman–Crippen LogP) is 0.862. The largest absolute Gasteiger partial charge is 0.369 e. The molecule has 2 aromatic rings. The van der Waals surface area contributed by atoms with Crippen molar-refractivity contribution in [1.82, 2.24) is 14.6 Å². The molecule has 2 aromatic heterocycles. The molecule has 15 heavy (non-hydrogen) atoms. The summed E-state index contributed by atoms with van der Waals surface area (Å²) in [4.78, 5) is 16.3. The van der Waals surface area contributed by atoms with E-state index in [0.717, 1.165) is 10.7 Å². The molecule has 0 aliphatic carbocycles. The number of rotatable bonds is 2. The molecule has 5 nitrogen and oxygen atoms in total. The molecule has 0 aromatic carbocycles. The van der Waals surface area contributed by atoms with E-state index in [2.05, 4.69) is 10.1 Å². The summed E-state index contributed by atoms with van der Waals surface area (Å²) < 4.78 is 1.68. The third-order valence-corrected chi connectivity index (χ3v) is 3.56. The standard InChI is InChI=1S/C9H12N4OS/c1-5-4-13-8(11-5)15-7(12-13)9(2,3)6(10)14/h4H,1-3H3,(H2,10,14). The number of fused-ring (bicyclic) bond motifs is 1. The van der Waals surface area contributed by atoms with Crippen molar-refractivity contribution in [3.63, 3.8) is 0 Å². The number of aromatic nitrogens is 3. The number of nitrogens with two attached hydrogens (primary N) is 1. The zero-order valence-electron chi connectivity index (χ0n) is 8.81. The minimum atomic E-state index is -0.737. The number of hydrogen-bond donors (Lipinski definition) is 1. The molecule has 0 radical (unpaired) electrons. The highest BCUT2D eigenvalue weighted by Gasteiger charge is 2.31. The Hall–Kier alpha value is -1.43. The summed E-state index contributed by atoms with van der Waals surface area (Å²) in [6.07, 6.45) is 1.83. The minimum absolute atomic E-state index is 0.378. The Morgan fingerprint density at radius 1 is 1.60 bits per heavy atom. The topological polar surface area (TPSA) is 73.3 Å². The van der Waals surface area contributed by atoms with Gasteiger partial charge in [0.1, 0.15) is 5.01 Å². The lowest BCUT2D eigenvalue weighted by Crippen LogP contribution is -2.35. The zero-order valence-corrected chi connectivity index (χ0v) is 9.63. The second-order valence-electron chi connectivity index (χ2n) is 4.01. The molecule has 0 atom stereocenters. The van der Waals surface area contributed by atoms with Crippen LogP contribution in [-0.4, -0.2) is 20.5 Å². The normalized spacial score (nSPS) is 12.2. The Balaban J connectivity index is 2.54.